The molecule has 4 N–H and O–H groups in total. The number of hydrogen-bond acceptors (Lipinski definition) is 9. The second-order valence-corrected chi connectivity index (χ2v) is 11.2. The van der Waals surface area contributed by atoms with E-state index in [9.17, 15) is 22.7 Å². The Kier molecular flexibility index (Phi) is 8.23. The van der Waals surface area contributed by atoms with Crippen LogP contribution in [0.2, 0.25) is 5.02 Å². The molecule has 0 aliphatic carbocycles. The van der Waals surface area contributed by atoms with E-state index in [0.29, 0.717) is 28.1 Å². The van der Waals surface area contributed by atoms with Crippen molar-refractivity contribution in [2.45, 2.75) is 18.5 Å². The van der Waals surface area contributed by atoms with Gasteiger partial charge in [-0.15, -0.1) is 0 Å². The summed E-state index contributed by atoms with van der Waals surface area (Å²) in [6.45, 7) is 1.82. The Morgan fingerprint density at radius 3 is 2.67 bits per heavy atom. The van der Waals surface area contributed by atoms with Crippen LogP contribution in [0.5, 0.6) is 11.5 Å². The second kappa shape index (κ2) is 11.4. The minimum absolute atomic E-state index is 0.00225. The molecular weight excluding hydrogens is 569 g/mol. The number of halogens is 2. The number of sulfonamides is 1. The summed E-state index contributed by atoms with van der Waals surface area (Å²) >= 11 is 6.70. The number of carbonyl (C=O) groups is 1. The van der Waals surface area contributed by atoms with Crippen LogP contribution in [0, 0.1) is 12.7 Å². The lowest BCUT2D eigenvalue weighted by Crippen LogP contribution is -2.17. The lowest BCUT2D eigenvalue weighted by Gasteiger charge is -2.12. The Morgan fingerprint density at radius 1 is 1.23 bits per heavy atom. The second-order valence-electron chi connectivity index (χ2n) is 8.18. The van der Waals surface area contributed by atoms with Crippen LogP contribution in [-0.2, 0) is 16.6 Å². The quantitative estimate of drug-likeness (QED) is 0.218. The van der Waals surface area contributed by atoms with Gasteiger partial charge in [0.25, 0.3) is 15.9 Å². The molecule has 0 saturated heterocycles. The normalized spacial score (nSPS) is 11.2. The molecule has 0 radical (unpaired) electrons. The highest BCUT2D eigenvalue weighted by atomic mass is 35.5. The molecule has 0 aliphatic heterocycles. The summed E-state index contributed by atoms with van der Waals surface area (Å²) in [6.07, 6.45) is 1.35. The first-order chi connectivity index (χ1) is 18.5. The number of methoxy groups -OCH3 is 1. The number of phenols is 1. The summed E-state index contributed by atoms with van der Waals surface area (Å²) in [4.78, 5) is 21.0. The Balaban J connectivity index is 1.57. The molecule has 0 unspecified atom stereocenters. The summed E-state index contributed by atoms with van der Waals surface area (Å²) in [5.74, 6) is -0.802. The highest BCUT2D eigenvalue weighted by Gasteiger charge is 2.25. The minimum Gasteiger partial charge on any atom is -0.504 e. The number of benzene rings is 2. The molecule has 4 rings (SSSR count). The molecule has 14 heteroatoms. The van der Waals surface area contributed by atoms with E-state index in [4.69, 9.17) is 16.3 Å². The van der Waals surface area contributed by atoms with Crippen molar-refractivity contribution in [2.75, 3.05) is 24.2 Å². The van der Waals surface area contributed by atoms with Crippen molar-refractivity contribution >= 4 is 49.7 Å². The predicted octanol–water partition coefficient (Wildman–Crippen LogP) is 4.79. The third-order valence-corrected chi connectivity index (χ3v) is 8.33. The van der Waals surface area contributed by atoms with Crippen LogP contribution >= 0.6 is 22.9 Å². The molecule has 2 heterocycles. The maximum absolute atomic E-state index is 13.7. The lowest BCUT2D eigenvalue weighted by molar-refractivity contribution is 0.0967. The Bertz CT molecular complexity index is 1660. The van der Waals surface area contributed by atoms with Gasteiger partial charge in [-0.05, 0) is 42.8 Å². The molecule has 10 nitrogen and oxygen atoms in total. The van der Waals surface area contributed by atoms with Gasteiger partial charge >= 0.3 is 0 Å². The summed E-state index contributed by atoms with van der Waals surface area (Å²) in [5.41, 5.74) is 1.94. The van der Waals surface area contributed by atoms with Gasteiger partial charge in [0.15, 0.2) is 21.7 Å². The van der Waals surface area contributed by atoms with E-state index in [-0.39, 0.29) is 38.0 Å². The van der Waals surface area contributed by atoms with Gasteiger partial charge in [0.1, 0.15) is 10.7 Å². The molecule has 0 aliphatic rings. The molecule has 0 atom stereocenters. The average Bonchev–Trinajstić information content (AvgIpc) is 3.32. The number of rotatable bonds is 9. The number of pyridine rings is 1. The van der Waals surface area contributed by atoms with Crippen molar-refractivity contribution in [2.24, 2.45) is 0 Å². The number of hydrogen-bond donors (Lipinski definition) is 4. The van der Waals surface area contributed by atoms with E-state index in [1.807, 2.05) is 0 Å². The lowest BCUT2D eigenvalue weighted by atomic mass is 10.1. The smallest absolute Gasteiger partial charge is 0.281 e. The zero-order valence-electron chi connectivity index (χ0n) is 20.9. The molecule has 0 bridgehead atoms. The Labute approximate surface area is 232 Å². The van der Waals surface area contributed by atoms with Gasteiger partial charge in [-0.3, -0.25) is 9.52 Å². The molecule has 39 heavy (non-hydrogen) atoms. The zero-order chi connectivity index (χ0) is 28.3. The molecule has 204 valence electrons. The number of aryl methyl sites for hydroxylation is 1. The van der Waals surface area contributed by atoms with Crippen LogP contribution in [-0.4, -0.2) is 43.6 Å². The van der Waals surface area contributed by atoms with E-state index >= 15 is 0 Å². The van der Waals surface area contributed by atoms with Crippen LogP contribution in [0.4, 0.5) is 15.2 Å². The zero-order valence-corrected chi connectivity index (χ0v) is 23.3. The summed E-state index contributed by atoms with van der Waals surface area (Å²) in [7, 11) is -1.31. The molecule has 0 fully saturated rings. The maximum atomic E-state index is 13.7. The first-order valence-corrected chi connectivity index (χ1v) is 14.0. The number of nitrogens with one attached hydrogen (secondary N) is 3. The van der Waals surface area contributed by atoms with Crippen molar-refractivity contribution in [3.8, 4) is 22.8 Å². The maximum Gasteiger partial charge on any atom is 0.281 e. The van der Waals surface area contributed by atoms with Crippen LogP contribution in [0.25, 0.3) is 11.3 Å². The van der Waals surface area contributed by atoms with E-state index in [1.165, 1.54) is 32.5 Å². The monoisotopic (exact) mass is 591 g/mol. The van der Waals surface area contributed by atoms with Crippen LogP contribution in [0.1, 0.15) is 20.8 Å². The predicted molar refractivity (Wildman–Crippen MR) is 148 cm³/mol. The SMILES string of the molecule is CNC(=O)c1sc(NS(=O)(=O)c2ncc(NCc3cccc(OC)c3O)cc2C)nc1-c1ccc(F)c(Cl)c1. The third-order valence-electron chi connectivity index (χ3n) is 5.55. The van der Waals surface area contributed by atoms with Crippen LogP contribution in [0.3, 0.4) is 0 Å². The standard InChI is InChI=1S/C25H23ClFN5O5S2/c1-13-9-16(29-11-15-5-4-6-19(37-3)21(15)33)12-30-24(13)39(35,36)32-25-31-20(22(38-25)23(34)28-2)14-7-8-18(27)17(26)10-14/h4-10,12,29,33H,11H2,1-3H3,(H,28,34)(H,31,32). The van der Waals surface area contributed by atoms with Gasteiger partial charge in [0.2, 0.25) is 0 Å². The number of amides is 1. The van der Waals surface area contributed by atoms with Crippen molar-refractivity contribution in [3.63, 3.8) is 0 Å². The first kappa shape index (κ1) is 28.1. The molecule has 4 aromatic rings. The fourth-order valence-electron chi connectivity index (χ4n) is 3.65. The third kappa shape index (κ3) is 6.05. The van der Waals surface area contributed by atoms with Gasteiger partial charge in [-0.25, -0.2) is 14.4 Å². The van der Waals surface area contributed by atoms with E-state index in [0.717, 1.165) is 17.4 Å². The van der Waals surface area contributed by atoms with Gasteiger partial charge < -0.3 is 20.5 Å². The molecule has 1 amide bonds. The highest BCUT2D eigenvalue weighted by molar-refractivity contribution is 7.92. The molecule has 0 saturated carbocycles. The molecular formula is C25H23ClFN5O5S2. The Hall–Kier alpha value is -3.94. The Morgan fingerprint density at radius 2 is 2.00 bits per heavy atom. The fourth-order valence-corrected chi connectivity index (χ4v) is 6.15. The molecule has 2 aromatic carbocycles. The number of anilines is 2. The fraction of sp³-hybridized carbons (Fsp3) is 0.160. The first-order valence-electron chi connectivity index (χ1n) is 11.3. The minimum atomic E-state index is -4.19. The van der Waals surface area contributed by atoms with Crippen molar-refractivity contribution in [1.82, 2.24) is 15.3 Å². The highest BCUT2D eigenvalue weighted by Crippen LogP contribution is 2.34. The van der Waals surface area contributed by atoms with Crippen LogP contribution < -0.4 is 20.1 Å². The summed E-state index contributed by atoms with van der Waals surface area (Å²) < 4.78 is 47.5. The summed E-state index contributed by atoms with van der Waals surface area (Å²) in [6, 6.07) is 10.5. The number of aromatic nitrogens is 2. The number of thiazole rings is 1. The van der Waals surface area contributed by atoms with E-state index in [1.54, 1.807) is 31.2 Å². The largest absolute Gasteiger partial charge is 0.504 e. The van der Waals surface area contributed by atoms with E-state index < -0.39 is 21.7 Å². The topological polar surface area (TPSA) is 143 Å². The van der Waals surface area contributed by atoms with Crippen molar-refractivity contribution < 1.29 is 27.4 Å². The number of aromatic hydroxyl groups is 1. The number of nitrogens with zero attached hydrogens (tertiary/aromatic N) is 2. The summed E-state index contributed by atoms with van der Waals surface area (Å²) in [5, 5.41) is 15.3. The number of carbonyl (C=O) groups excluding carboxylic acids is 1. The molecule has 2 aromatic heterocycles. The van der Waals surface area contributed by atoms with Gasteiger partial charge in [-0.1, -0.05) is 35.1 Å². The number of para-hydroxylation sites is 1. The number of phenolic OH excluding ortho intramolecular Hbond substituents is 1. The van der Waals surface area contributed by atoms with Gasteiger partial charge in [0.05, 0.1) is 29.7 Å². The van der Waals surface area contributed by atoms with Crippen LogP contribution in [0.15, 0.2) is 53.7 Å². The molecule has 0 spiro atoms. The van der Waals surface area contributed by atoms with Gasteiger partial charge in [-0.2, -0.15) is 8.42 Å². The van der Waals surface area contributed by atoms with Gasteiger partial charge in [0, 0.05) is 24.7 Å². The van der Waals surface area contributed by atoms with Crippen molar-refractivity contribution in [1.29, 1.82) is 0 Å². The number of ether oxygens (including phenoxy) is 1. The van der Waals surface area contributed by atoms with E-state index in [2.05, 4.69) is 25.3 Å². The van der Waals surface area contributed by atoms with Crippen molar-refractivity contribution in [3.05, 3.63) is 75.5 Å². The average molecular weight is 592 g/mol.